The van der Waals surface area contributed by atoms with Crippen molar-refractivity contribution in [1.29, 1.82) is 0 Å². The van der Waals surface area contributed by atoms with Crippen LogP contribution in [-0.2, 0) is 15.1 Å². The average molecular weight is 341 g/mol. The van der Waals surface area contributed by atoms with Gasteiger partial charge in [0.2, 0.25) is 0 Å². The number of amides is 1. The molecular weight excluding hydrogens is 324 g/mol. The summed E-state index contributed by atoms with van der Waals surface area (Å²) in [6, 6.07) is 5.26. The summed E-state index contributed by atoms with van der Waals surface area (Å²) in [5, 5.41) is 2.99. The Labute approximate surface area is 137 Å². The van der Waals surface area contributed by atoms with Crippen LogP contribution in [0.5, 0.6) is 0 Å². The molecule has 0 aliphatic carbocycles. The molecule has 0 saturated carbocycles. The summed E-state index contributed by atoms with van der Waals surface area (Å²) in [5.41, 5.74) is -1.13. The number of alkyl carbamates (subject to hydrolysis) is 1. The van der Waals surface area contributed by atoms with Crippen LogP contribution in [0.25, 0.3) is 10.2 Å². The van der Waals surface area contributed by atoms with Gasteiger partial charge in [-0.1, -0.05) is 11.6 Å². The van der Waals surface area contributed by atoms with E-state index >= 15 is 0 Å². The number of rotatable bonds is 3. The van der Waals surface area contributed by atoms with Crippen molar-refractivity contribution in [3.8, 4) is 0 Å². The summed E-state index contributed by atoms with van der Waals surface area (Å²) in [5.74, 6) is 0. The third kappa shape index (κ3) is 3.75. The molecule has 2 aromatic rings. The second-order valence-electron chi connectivity index (χ2n) is 6.08. The minimum atomic E-state index is -1.18. The smallest absolute Gasteiger partial charge is 0.408 e. The van der Waals surface area contributed by atoms with Crippen LogP contribution in [-0.4, -0.2) is 23.0 Å². The zero-order chi connectivity index (χ0) is 16.5. The number of nitrogens with one attached hydrogen (secondary N) is 1. The number of ether oxygens (including phenoxy) is 1. The van der Waals surface area contributed by atoms with Crippen LogP contribution in [0.3, 0.4) is 0 Å². The Morgan fingerprint density at radius 3 is 2.64 bits per heavy atom. The summed E-state index contributed by atoms with van der Waals surface area (Å²) >= 11 is 7.24. The molecule has 2 aromatic heterocycles. The zero-order valence-corrected chi connectivity index (χ0v) is 14.3. The maximum atomic E-state index is 12.0. The molecule has 22 heavy (non-hydrogen) atoms. The van der Waals surface area contributed by atoms with Gasteiger partial charge in [0.1, 0.15) is 16.3 Å². The molecular formula is C15H17ClN2O3S. The number of aldehydes is 1. The molecule has 5 nitrogen and oxygen atoms in total. The highest BCUT2D eigenvalue weighted by Crippen LogP contribution is 2.32. The van der Waals surface area contributed by atoms with Gasteiger partial charge in [0.25, 0.3) is 0 Å². The van der Waals surface area contributed by atoms with Crippen LogP contribution >= 0.6 is 22.9 Å². The third-order valence-corrected chi connectivity index (χ3v) is 4.39. The SMILES string of the molecule is CC(C)(C)OC(=O)NC(C)(C=O)c1cc2nc(Cl)ccc2s1. The van der Waals surface area contributed by atoms with E-state index in [1.54, 1.807) is 39.8 Å². The van der Waals surface area contributed by atoms with Gasteiger partial charge in [-0.25, -0.2) is 9.78 Å². The Hall–Kier alpha value is -1.66. The zero-order valence-electron chi connectivity index (χ0n) is 12.8. The van der Waals surface area contributed by atoms with Crippen LogP contribution in [0.4, 0.5) is 4.79 Å². The van der Waals surface area contributed by atoms with Crippen molar-refractivity contribution < 1.29 is 14.3 Å². The average Bonchev–Trinajstić information content (AvgIpc) is 2.79. The number of halogens is 1. The summed E-state index contributed by atoms with van der Waals surface area (Å²) in [4.78, 5) is 28.4. The van der Waals surface area contributed by atoms with Gasteiger partial charge >= 0.3 is 6.09 Å². The molecule has 118 valence electrons. The highest BCUT2D eigenvalue weighted by molar-refractivity contribution is 7.19. The summed E-state index contributed by atoms with van der Waals surface area (Å²) < 4.78 is 6.10. The first kappa shape index (κ1) is 16.7. The summed E-state index contributed by atoms with van der Waals surface area (Å²) in [6.07, 6.45) is 0.0361. The van der Waals surface area contributed by atoms with Crippen molar-refractivity contribution in [2.24, 2.45) is 0 Å². The fourth-order valence-corrected chi connectivity index (χ4v) is 3.04. The van der Waals surface area contributed by atoms with Gasteiger partial charge in [0.15, 0.2) is 6.29 Å². The van der Waals surface area contributed by atoms with E-state index in [1.165, 1.54) is 11.3 Å². The highest BCUT2D eigenvalue weighted by Gasteiger charge is 2.32. The molecule has 7 heteroatoms. The van der Waals surface area contributed by atoms with E-state index in [1.807, 2.05) is 6.07 Å². The number of hydrogen-bond donors (Lipinski definition) is 1. The topological polar surface area (TPSA) is 68.3 Å². The fourth-order valence-electron chi connectivity index (χ4n) is 1.82. The molecule has 0 spiro atoms. The van der Waals surface area contributed by atoms with Gasteiger partial charge in [-0.15, -0.1) is 11.3 Å². The fraction of sp³-hybridized carbons (Fsp3) is 0.400. The largest absolute Gasteiger partial charge is 0.444 e. The normalized spacial score (nSPS) is 14.4. The van der Waals surface area contributed by atoms with E-state index in [-0.39, 0.29) is 0 Å². The van der Waals surface area contributed by atoms with Crippen molar-refractivity contribution in [3.05, 3.63) is 28.2 Å². The Bertz CT molecular complexity index is 723. The monoisotopic (exact) mass is 340 g/mol. The molecule has 0 bridgehead atoms. The van der Waals surface area contributed by atoms with Crippen molar-refractivity contribution >= 4 is 45.5 Å². The van der Waals surface area contributed by atoms with E-state index < -0.39 is 17.2 Å². The minimum absolute atomic E-state index is 0.379. The van der Waals surface area contributed by atoms with Crippen LogP contribution < -0.4 is 5.32 Å². The first-order chi connectivity index (χ1) is 10.1. The van der Waals surface area contributed by atoms with Crippen molar-refractivity contribution in [2.75, 3.05) is 0 Å². The molecule has 0 aliphatic heterocycles. The Morgan fingerprint density at radius 1 is 1.36 bits per heavy atom. The molecule has 0 saturated heterocycles. The molecule has 0 fully saturated rings. The van der Waals surface area contributed by atoms with Crippen LogP contribution in [0.1, 0.15) is 32.6 Å². The molecule has 1 N–H and O–H groups in total. The van der Waals surface area contributed by atoms with Gasteiger partial charge in [-0.2, -0.15) is 0 Å². The second-order valence-corrected chi connectivity index (χ2v) is 7.55. The van der Waals surface area contributed by atoms with Gasteiger partial charge in [0.05, 0.1) is 10.2 Å². The number of nitrogens with zero attached hydrogens (tertiary/aromatic N) is 1. The Balaban J connectivity index is 2.31. The van der Waals surface area contributed by atoms with Crippen LogP contribution in [0.15, 0.2) is 18.2 Å². The Kier molecular flexibility index (Phi) is 4.44. The van der Waals surface area contributed by atoms with E-state index in [0.29, 0.717) is 21.8 Å². The highest BCUT2D eigenvalue weighted by atomic mass is 35.5. The van der Waals surface area contributed by atoms with Crippen LogP contribution in [0.2, 0.25) is 5.15 Å². The molecule has 2 heterocycles. The molecule has 2 rings (SSSR count). The van der Waals surface area contributed by atoms with E-state index in [9.17, 15) is 9.59 Å². The van der Waals surface area contributed by atoms with Gasteiger partial charge < -0.3 is 14.8 Å². The lowest BCUT2D eigenvalue weighted by molar-refractivity contribution is -0.113. The molecule has 0 radical (unpaired) electrons. The maximum Gasteiger partial charge on any atom is 0.408 e. The second kappa shape index (κ2) is 5.85. The first-order valence-corrected chi connectivity index (χ1v) is 7.86. The molecule has 0 aliphatic rings. The van der Waals surface area contributed by atoms with E-state index in [4.69, 9.17) is 16.3 Å². The minimum Gasteiger partial charge on any atom is -0.444 e. The Morgan fingerprint density at radius 2 is 2.05 bits per heavy atom. The van der Waals surface area contributed by atoms with Crippen molar-refractivity contribution in [3.63, 3.8) is 0 Å². The summed E-state index contributed by atoms with van der Waals surface area (Å²) in [7, 11) is 0. The number of pyridine rings is 1. The third-order valence-electron chi connectivity index (χ3n) is 2.85. The first-order valence-electron chi connectivity index (χ1n) is 6.67. The molecule has 1 unspecified atom stereocenters. The lowest BCUT2D eigenvalue weighted by Crippen LogP contribution is -2.46. The number of thiophene rings is 1. The molecule has 0 aromatic carbocycles. The lowest BCUT2D eigenvalue weighted by atomic mass is 10.0. The molecule has 1 amide bonds. The number of hydrogen-bond acceptors (Lipinski definition) is 5. The van der Waals surface area contributed by atoms with E-state index in [0.717, 1.165) is 4.70 Å². The van der Waals surface area contributed by atoms with Crippen molar-refractivity contribution in [1.82, 2.24) is 10.3 Å². The van der Waals surface area contributed by atoms with Gasteiger partial charge in [0, 0.05) is 4.88 Å². The number of fused-ring (bicyclic) bond motifs is 1. The molecule has 1 atom stereocenters. The predicted molar refractivity (Wildman–Crippen MR) is 87.4 cm³/mol. The number of carbonyl (C=O) groups excluding carboxylic acids is 2. The lowest BCUT2D eigenvalue weighted by Gasteiger charge is -2.26. The quantitative estimate of drug-likeness (QED) is 0.680. The van der Waals surface area contributed by atoms with Crippen molar-refractivity contribution in [2.45, 2.75) is 38.8 Å². The maximum absolute atomic E-state index is 12.0. The van der Waals surface area contributed by atoms with E-state index in [2.05, 4.69) is 10.3 Å². The number of aromatic nitrogens is 1. The van der Waals surface area contributed by atoms with Crippen LogP contribution in [0, 0.1) is 0 Å². The standard InChI is InChI=1S/C15H17ClN2O3S/c1-14(2,3)21-13(20)18-15(4,8-19)11-7-9-10(22-11)5-6-12(16)17-9/h5-8H,1-4H3,(H,18,20). The van der Waals surface area contributed by atoms with Gasteiger partial charge in [-0.3, -0.25) is 0 Å². The number of carbonyl (C=O) groups is 2. The summed E-state index contributed by atoms with van der Waals surface area (Å²) in [6.45, 7) is 6.90. The van der Waals surface area contributed by atoms with Gasteiger partial charge in [-0.05, 0) is 45.9 Å². The predicted octanol–water partition coefficient (Wildman–Crippen LogP) is 3.89.